The fourth-order valence-electron chi connectivity index (χ4n) is 2.45. The SMILES string of the molecule is Cc1cc(F)ccc1Oc1ccccc1C(=O)Nc1cccc(C#N)c1. The number of hydrogen-bond donors (Lipinski definition) is 1. The first-order valence-electron chi connectivity index (χ1n) is 7.91. The first-order chi connectivity index (χ1) is 12.6. The highest BCUT2D eigenvalue weighted by molar-refractivity contribution is 6.06. The molecule has 0 fully saturated rings. The highest BCUT2D eigenvalue weighted by atomic mass is 19.1. The minimum atomic E-state index is -0.365. The molecule has 128 valence electrons. The third-order valence-corrected chi connectivity index (χ3v) is 3.74. The van der Waals surface area contributed by atoms with E-state index in [1.165, 1.54) is 18.2 Å². The van der Waals surface area contributed by atoms with Crippen molar-refractivity contribution in [3.63, 3.8) is 0 Å². The zero-order valence-corrected chi connectivity index (χ0v) is 14.0. The van der Waals surface area contributed by atoms with Crippen LogP contribution in [0.5, 0.6) is 11.5 Å². The van der Waals surface area contributed by atoms with Gasteiger partial charge in [-0.25, -0.2) is 4.39 Å². The highest BCUT2D eigenvalue weighted by Gasteiger charge is 2.14. The molecule has 3 aromatic rings. The third kappa shape index (κ3) is 3.87. The molecule has 3 rings (SSSR count). The van der Waals surface area contributed by atoms with E-state index in [-0.39, 0.29) is 11.7 Å². The lowest BCUT2D eigenvalue weighted by Gasteiger charge is -2.13. The molecule has 0 aromatic heterocycles. The van der Waals surface area contributed by atoms with E-state index >= 15 is 0 Å². The number of hydrogen-bond acceptors (Lipinski definition) is 3. The van der Waals surface area contributed by atoms with Gasteiger partial charge in [0.1, 0.15) is 17.3 Å². The van der Waals surface area contributed by atoms with Gasteiger partial charge in [0, 0.05) is 5.69 Å². The average Bonchev–Trinajstić information content (AvgIpc) is 2.64. The molecule has 3 aromatic carbocycles. The van der Waals surface area contributed by atoms with Crippen LogP contribution in [0.1, 0.15) is 21.5 Å². The maximum Gasteiger partial charge on any atom is 0.259 e. The monoisotopic (exact) mass is 346 g/mol. The topological polar surface area (TPSA) is 62.1 Å². The number of nitrogens with zero attached hydrogens (tertiary/aromatic N) is 1. The van der Waals surface area contributed by atoms with E-state index in [0.29, 0.717) is 33.9 Å². The third-order valence-electron chi connectivity index (χ3n) is 3.74. The molecule has 0 aliphatic rings. The maximum atomic E-state index is 13.3. The predicted octanol–water partition coefficient (Wildman–Crippen LogP) is 5.05. The molecule has 0 aliphatic heterocycles. The van der Waals surface area contributed by atoms with Crippen LogP contribution in [0.3, 0.4) is 0 Å². The Balaban J connectivity index is 1.86. The first-order valence-corrected chi connectivity index (χ1v) is 7.91. The predicted molar refractivity (Wildman–Crippen MR) is 96.8 cm³/mol. The van der Waals surface area contributed by atoms with Gasteiger partial charge in [-0.05, 0) is 61.0 Å². The van der Waals surface area contributed by atoms with Crippen molar-refractivity contribution in [3.8, 4) is 17.6 Å². The van der Waals surface area contributed by atoms with Crippen molar-refractivity contribution in [1.82, 2.24) is 0 Å². The molecule has 0 heterocycles. The summed E-state index contributed by atoms with van der Waals surface area (Å²) < 4.78 is 19.1. The van der Waals surface area contributed by atoms with Crippen LogP contribution in [-0.4, -0.2) is 5.91 Å². The van der Waals surface area contributed by atoms with E-state index in [1.807, 2.05) is 6.07 Å². The number of halogens is 1. The second kappa shape index (κ2) is 7.49. The molecule has 0 saturated carbocycles. The Morgan fingerprint density at radius 1 is 1.04 bits per heavy atom. The number of nitriles is 1. The van der Waals surface area contributed by atoms with Gasteiger partial charge >= 0.3 is 0 Å². The number of aryl methyl sites for hydroxylation is 1. The highest BCUT2D eigenvalue weighted by Crippen LogP contribution is 2.29. The van der Waals surface area contributed by atoms with Crippen molar-refractivity contribution in [1.29, 1.82) is 5.26 Å². The summed E-state index contributed by atoms with van der Waals surface area (Å²) in [6, 6.07) is 19.6. The molecular formula is C21H15FN2O2. The summed E-state index contributed by atoms with van der Waals surface area (Å²) in [6.45, 7) is 1.73. The van der Waals surface area contributed by atoms with Crippen LogP contribution in [-0.2, 0) is 0 Å². The summed E-state index contributed by atoms with van der Waals surface area (Å²) in [5.41, 5.74) is 1.93. The van der Waals surface area contributed by atoms with E-state index < -0.39 is 0 Å². The van der Waals surface area contributed by atoms with Gasteiger partial charge in [0.25, 0.3) is 5.91 Å². The summed E-state index contributed by atoms with van der Waals surface area (Å²) in [7, 11) is 0. The van der Waals surface area contributed by atoms with Gasteiger partial charge in [0.2, 0.25) is 0 Å². The van der Waals surface area contributed by atoms with Crippen LogP contribution in [0.15, 0.2) is 66.7 Å². The van der Waals surface area contributed by atoms with E-state index in [1.54, 1.807) is 55.5 Å². The molecule has 0 saturated heterocycles. The number of anilines is 1. The van der Waals surface area contributed by atoms with Crippen molar-refractivity contribution >= 4 is 11.6 Å². The lowest BCUT2D eigenvalue weighted by atomic mass is 10.1. The lowest BCUT2D eigenvalue weighted by molar-refractivity contribution is 0.102. The van der Waals surface area contributed by atoms with Crippen molar-refractivity contribution in [2.24, 2.45) is 0 Å². The Morgan fingerprint density at radius 3 is 2.62 bits per heavy atom. The number of para-hydroxylation sites is 1. The molecular weight excluding hydrogens is 331 g/mol. The van der Waals surface area contributed by atoms with Gasteiger partial charge in [-0.3, -0.25) is 4.79 Å². The van der Waals surface area contributed by atoms with Crippen LogP contribution in [0.4, 0.5) is 10.1 Å². The van der Waals surface area contributed by atoms with E-state index in [4.69, 9.17) is 10.00 Å². The summed E-state index contributed by atoms with van der Waals surface area (Å²) >= 11 is 0. The molecule has 0 aliphatic carbocycles. The van der Waals surface area contributed by atoms with Gasteiger partial charge in [0.15, 0.2) is 0 Å². The minimum Gasteiger partial charge on any atom is -0.456 e. The molecule has 0 atom stereocenters. The van der Waals surface area contributed by atoms with Crippen molar-refractivity contribution in [2.45, 2.75) is 6.92 Å². The molecule has 26 heavy (non-hydrogen) atoms. The normalized spacial score (nSPS) is 10.0. The van der Waals surface area contributed by atoms with Crippen LogP contribution in [0.25, 0.3) is 0 Å². The second-order valence-corrected chi connectivity index (χ2v) is 5.65. The molecule has 1 N–H and O–H groups in total. The number of rotatable bonds is 4. The lowest BCUT2D eigenvalue weighted by Crippen LogP contribution is -2.13. The number of amides is 1. The summed E-state index contributed by atoms with van der Waals surface area (Å²) in [5, 5.41) is 11.7. The van der Waals surface area contributed by atoms with Crippen molar-refractivity contribution in [3.05, 3.63) is 89.2 Å². The Morgan fingerprint density at radius 2 is 1.85 bits per heavy atom. The van der Waals surface area contributed by atoms with Gasteiger partial charge in [0.05, 0.1) is 17.2 Å². The largest absolute Gasteiger partial charge is 0.456 e. The number of ether oxygens (including phenoxy) is 1. The van der Waals surface area contributed by atoms with Gasteiger partial charge in [-0.15, -0.1) is 0 Å². The van der Waals surface area contributed by atoms with Gasteiger partial charge < -0.3 is 10.1 Å². The standard InChI is InChI=1S/C21H15FN2O2/c1-14-11-16(22)9-10-19(14)26-20-8-3-2-7-18(20)21(25)24-17-6-4-5-15(12-17)13-23/h2-12H,1H3,(H,24,25). The van der Waals surface area contributed by atoms with Crippen LogP contribution in [0.2, 0.25) is 0 Å². The average molecular weight is 346 g/mol. The summed E-state index contributed by atoms with van der Waals surface area (Å²) in [5.74, 6) is 0.114. The van der Waals surface area contributed by atoms with E-state index in [2.05, 4.69) is 5.32 Å². The molecule has 5 heteroatoms. The van der Waals surface area contributed by atoms with Gasteiger partial charge in [-0.1, -0.05) is 18.2 Å². The molecule has 0 spiro atoms. The quantitative estimate of drug-likeness (QED) is 0.719. The Bertz CT molecular complexity index is 1010. The number of carbonyl (C=O) groups excluding carboxylic acids is 1. The minimum absolute atomic E-state index is 0.332. The number of carbonyl (C=O) groups is 1. The van der Waals surface area contributed by atoms with Crippen molar-refractivity contribution in [2.75, 3.05) is 5.32 Å². The summed E-state index contributed by atoms with van der Waals surface area (Å²) in [4.78, 5) is 12.6. The van der Waals surface area contributed by atoms with E-state index in [0.717, 1.165) is 0 Å². The zero-order valence-electron chi connectivity index (χ0n) is 14.0. The smallest absolute Gasteiger partial charge is 0.259 e. The van der Waals surface area contributed by atoms with Crippen molar-refractivity contribution < 1.29 is 13.9 Å². The maximum absolute atomic E-state index is 13.3. The Kier molecular flexibility index (Phi) is 4.95. The second-order valence-electron chi connectivity index (χ2n) is 5.65. The van der Waals surface area contributed by atoms with Crippen LogP contribution < -0.4 is 10.1 Å². The first kappa shape index (κ1) is 17.2. The Hall–Kier alpha value is -3.65. The molecule has 1 amide bonds. The number of nitrogens with one attached hydrogen (secondary N) is 1. The zero-order chi connectivity index (χ0) is 18.5. The molecule has 0 bridgehead atoms. The molecule has 4 nitrogen and oxygen atoms in total. The molecule has 0 radical (unpaired) electrons. The van der Waals surface area contributed by atoms with Gasteiger partial charge in [-0.2, -0.15) is 5.26 Å². The number of benzene rings is 3. The van der Waals surface area contributed by atoms with E-state index in [9.17, 15) is 9.18 Å². The van der Waals surface area contributed by atoms with Crippen LogP contribution >= 0.6 is 0 Å². The Labute approximate surface area is 150 Å². The van der Waals surface area contributed by atoms with Crippen LogP contribution in [0, 0.1) is 24.1 Å². The summed E-state index contributed by atoms with van der Waals surface area (Å²) in [6.07, 6.45) is 0. The fourth-order valence-corrected chi connectivity index (χ4v) is 2.45. The molecule has 0 unspecified atom stereocenters. The fraction of sp³-hybridized carbons (Fsp3) is 0.0476.